The average Bonchev–Trinajstić information content (AvgIpc) is 2.45. The molecular formula is C14H18N2O5. The summed E-state index contributed by atoms with van der Waals surface area (Å²) in [5, 5.41) is 10.8. The van der Waals surface area contributed by atoms with Crippen molar-refractivity contribution in [2.45, 2.75) is 13.8 Å². The van der Waals surface area contributed by atoms with Crippen LogP contribution in [0.2, 0.25) is 0 Å². The lowest BCUT2D eigenvalue weighted by Crippen LogP contribution is -2.34. The first kappa shape index (κ1) is 16.6. The van der Waals surface area contributed by atoms with Crippen molar-refractivity contribution in [1.82, 2.24) is 4.90 Å². The summed E-state index contributed by atoms with van der Waals surface area (Å²) in [6.07, 6.45) is 0. The molecule has 0 fully saturated rings. The van der Waals surface area contributed by atoms with Gasteiger partial charge in [-0.3, -0.25) is 19.7 Å². The van der Waals surface area contributed by atoms with Crippen molar-refractivity contribution in [3.8, 4) is 0 Å². The Balaban J connectivity index is 2.95. The molecule has 21 heavy (non-hydrogen) atoms. The first-order valence-electron chi connectivity index (χ1n) is 6.36. The summed E-state index contributed by atoms with van der Waals surface area (Å²) < 4.78 is 4.61. The van der Waals surface area contributed by atoms with Crippen LogP contribution in [0.1, 0.15) is 22.8 Å². The van der Waals surface area contributed by atoms with Crippen LogP contribution in [0, 0.1) is 23.0 Å². The van der Waals surface area contributed by atoms with Crippen molar-refractivity contribution in [3.05, 3.63) is 39.4 Å². The van der Waals surface area contributed by atoms with Crippen LogP contribution in [0.4, 0.5) is 5.69 Å². The molecular weight excluding hydrogens is 276 g/mol. The van der Waals surface area contributed by atoms with Gasteiger partial charge in [0, 0.05) is 31.3 Å². The Morgan fingerprint density at radius 3 is 2.57 bits per heavy atom. The number of hydrogen-bond acceptors (Lipinski definition) is 5. The maximum absolute atomic E-state index is 12.3. The Morgan fingerprint density at radius 1 is 1.43 bits per heavy atom. The van der Waals surface area contributed by atoms with Crippen molar-refractivity contribution in [1.29, 1.82) is 0 Å². The van der Waals surface area contributed by atoms with E-state index in [2.05, 4.69) is 4.74 Å². The van der Waals surface area contributed by atoms with Crippen molar-refractivity contribution >= 4 is 17.6 Å². The van der Waals surface area contributed by atoms with Crippen LogP contribution in [0.15, 0.2) is 18.2 Å². The summed E-state index contributed by atoms with van der Waals surface area (Å²) >= 11 is 0. The highest BCUT2D eigenvalue weighted by Crippen LogP contribution is 2.19. The number of carbonyl (C=O) groups excluding carboxylic acids is 2. The van der Waals surface area contributed by atoms with Gasteiger partial charge in [0.1, 0.15) is 0 Å². The van der Waals surface area contributed by atoms with E-state index in [1.807, 2.05) is 0 Å². The molecule has 0 aliphatic carbocycles. The minimum Gasteiger partial charge on any atom is -0.469 e. The van der Waals surface area contributed by atoms with E-state index in [0.717, 1.165) is 0 Å². The number of nitro benzene ring substituents is 1. The third-order valence-electron chi connectivity index (χ3n) is 3.16. The molecule has 7 heteroatoms. The number of carbonyl (C=O) groups is 2. The van der Waals surface area contributed by atoms with Gasteiger partial charge in [-0.2, -0.15) is 0 Å². The fourth-order valence-corrected chi connectivity index (χ4v) is 1.93. The molecule has 0 spiro atoms. The van der Waals surface area contributed by atoms with Gasteiger partial charge in [0.15, 0.2) is 0 Å². The predicted molar refractivity (Wildman–Crippen MR) is 76.0 cm³/mol. The van der Waals surface area contributed by atoms with E-state index in [1.165, 1.54) is 30.2 Å². The van der Waals surface area contributed by atoms with Gasteiger partial charge >= 0.3 is 5.97 Å². The van der Waals surface area contributed by atoms with Crippen LogP contribution < -0.4 is 0 Å². The molecule has 0 aliphatic rings. The van der Waals surface area contributed by atoms with Crippen LogP contribution >= 0.6 is 0 Å². The molecule has 7 nitrogen and oxygen atoms in total. The Kier molecular flexibility index (Phi) is 5.40. The molecule has 1 rings (SSSR count). The molecule has 1 aromatic rings. The number of aryl methyl sites for hydroxylation is 1. The molecule has 0 saturated heterocycles. The first-order valence-corrected chi connectivity index (χ1v) is 6.36. The highest BCUT2D eigenvalue weighted by atomic mass is 16.6. The molecule has 0 heterocycles. The van der Waals surface area contributed by atoms with Gasteiger partial charge in [0.05, 0.1) is 18.0 Å². The van der Waals surface area contributed by atoms with E-state index in [0.29, 0.717) is 5.56 Å². The maximum atomic E-state index is 12.3. The number of methoxy groups -OCH3 is 1. The maximum Gasteiger partial charge on any atom is 0.310 e. The first-order chi connectivity index (χ1) is 9.77. The summed E-state index contributed by atoms with van der Waals surface area (Å²) in [5.41, 5.74) is 0.755. The van der Waals surface area contributed by atoms with Gasteiger partial charge in [0.2, 0.25) is 0 Å². The number of benzene rings is 1. The number of amides is 1. The van der Waals surface area contributed by atoms with Gasteiger partial charge in [-0.1, -0.05) is 13.0 Å². The van der Waals surface area contributed by atoms with Crippen molar-refractivity contribution in [2.75, 3.05) is 20.7 Å². The van der Waals surface area contributed by atoms with Crippen molar-refractivity contribution in [3.63, 3.8) is 0 Å². The number of nitro groups is 1. The number of esters is 1. The number of ether oxygens (including phenoxy) is 1. The normalized spacial score (nSPS) is 11.6. The van der Waals surface area contributed by atoms with E-state index in [-0.39, 0.29) is 23.7 Å². The second-order valence-electron chi connectivity index (χ2n) is 4.87. The quantitative estimate of drug-likeness (QED) is 0.469. The Hall–Kier alpha value is -2.44. The molecule has 0 aliphatic heterocycles. The molecule has 0 radical (unpaired) electrons. The monoisotopic (exact) mass is 294 g/mol. The molecule has 0 N–H and O–H groups in total. The van der Waals surface area contributed by atoms with E-state index >= 15 is 0 Å². The standard InChI is InChI=1S/C14H18N2O5/c1-9-5-6-11(16(19)20)7-12(9)13(17)15(3)8-10(2)14(18)21-4/h5-7,10H,8H2,1-4H3. The lowest BCUT2D eigenvalue weighted by atomic mass is 10.1. The van der Waals surface area contributed by atoms with Gasteiger partial charge in [0.25, 0.3) is 11.6 Å². The number of hydrogen-bond donors (Lipinski definition) is 0. The molecule has 0 saturated carbocycles. The van der Waals surface area contributed by atoms with Crippen molar-refractivity contribution < 1.29 is 19.2 Å². The molecule has 114 valence electrons. The van der Waals surface area contributed by atoms with Gasteiger partial charge in [-0.25, -0.2) is 0 Å². The van der Waals surface area contributed by atoms with Crippen LogP contribution in [-0.2, 0) is 9.53 Å². The highest BCUT2D eigenvalue weighted by molar-refractivity contribution is 5.96. The lowest BCUT2D eigenvalue weighted by Gasteiger charge is -2.21. The third kappa shape index (κ3) is 4.01. The summed E-state index contributed by atoms with van der Waals surface area (Å²) in [7, 11) is 2.82. The largest absolute Gasteiger partial charge is 0.469 e. The van der Waals surface area contributed by atoms with Crippen molar-refractivity contribution in [2.24, 2.45) is 5.92 Å². The highest BCUT2D eigenvalue weighted by Gasteiger charge is 2.22. The minimum absolute atomic E-state index is 0.140. The van der Waals surface area contributed by atoms with Crippen LogP contribution in [-0.4, -0.2) is 42.4 Å². The van der Waals surface area contributed by atoms with Gasteiger partial charge in [-0.05, 0) is 12.5 Å². The molecule has 0 bridgehead atoms. The Bertz CT molecular complexity index is 570. The predicted octanol–water partition coefficient (Wildman–Crippen LogP) is 1.78. The number of non-ortho nitro benzene ring substituents is 1. The smallest absolute Gasteiger partial charge is 0.310 e. The number of rotatable bonds is 5. The fraction of sp³-hybridized carbons (Fsp3) is 0.429. The van der Waals surface area contributed by atoms with Gasteiger partial charge < -0.3 is 9.64 Å². The third-order valence-corrected chi connectivity index (χ3v) is 3.16. The average molecular weight is 294 g/mol. The Morgan fingerprint density at radius 2 is 2.05 bits per heavy atom. The minimum atomic E-state index is -0.548. The summed E-state index contributed by atoms with van der Waals surface area (Å²) in [5.74, 6) is -1.25. The summed E-state index contributed by atoms with van der Waals surface area (Å²) in [6, 6.07) is 4.13. The Labute approximate surface area is 122 Å². The van der Waals surface area contributed by atoms with E-state index in [1.54, 1.807) is 20.9 Å². The number of nitrogens with zero attached hydrogens (tertiary/aromatic N) is 2. The lowest BCUT2D eigenvalue weighted by molar-refractivity contribution is -0.384. The molecule has 1 aromatic carbocycles. The van der Waals surface area contributed by atoms with E-state index in [4.69, 9.17) is 0 Å². The second kappa shape index (κ2) is 6.83. The zero-order chi connectivity index (χ0) is 16.2. The molecule has 1 unspecified atom stereocenters. The molecule has 1 amide bonds. The molecule has 0 aromatic heterocycles. The van der Waals surface area contributed by atoms with Crippen LogP contribution in [0.3, 0.4) is 0 Å². The fourth-order valence-electron chi connectivity index (χ4n) is 1.93. The SMILES string of the molecule is COC(=O)C(C)CN(C)C(=O)c1cc([N+](=O)[O-])ccc1C. The zero-order valence-electron chi connectivity index (χ0n) is 12.5. The second-order valence-corrected chi connectivity index (χ2v) is 4.87. The van der Waals surface area contributed by atoms with Crippen LogP contribution in [0.25, 0.3) is 0 Å². The summed E-state index contributed by atoms with van der Waals surface area (Å²) in [6.45, 7) is 3.53. The zero-order valence-corrected chi connectivity index (χ0v) is 12.5. The summed E-state index contributed by atoms with van der Waals surface area (Å²) in [4.78, 5) is 35.3. The van der Waals surface area contributed by atoms with Crippen LogP contribution in [0.5, 0.6) is 0 Å². The van der Waals surface area contributed by atoms with E-state index in [9.17, 15) is 19.7 Å². The topological polar surface area (TPSA) is 89.8 Å². The van der Waals surface area contributed by atoms with E-state index < -0.39 is 16.8 Å². The van der Waals surface area contributed by atoms with Gasteiger partial charge in [-0.15, -0.1) is 0 Å². The molecule has 1 atom stereocenters.